The fourth-order valence-corrected chi connectivity index (χ4v) is 7.76. The number of hydrogen-bond acceptors (Lipinski definition) is 5. The molecule has 4 fully saturated rings. The maximum Gasteiger partial charge on any atom is 0.254 e. The topological polar surface area (TPSA) is 75.7 Å². The van der Waals surface area contributed by atoms with Crippen LogP contribution in [0.1, 0.15) is 78.6 Å². The third kappa shape index (κ3) is 2.74. The molecule has 4 heterocycles. The van der Waals surface area contributed by atoms with Gasteiger partial charge in [-0.25, -0.2) is 4.90 Å². The van der Waals surface area contributed by atoms with E-state index in [1.165, 1.54) is 27.5 Å². The number of carbonyl (C=O) groups is 3. The molecule has 1 aromatic rings. The Labute approximate surface area is 180 Å². The Morgan fingerprint density at radius 2 is 1.57 bits per heavy atom. The maximum atomic E-state index is 13.4. The molecular formula is C23H28N2O4S. The minimum atomic E-state index is -0.357. The molecule has 3 amide bonds. The second-order valence-electron chi connectivity index (χ2n) is 9.55. The third-order valence-electron chi connectivity index (χ3n) is 7.81. The molecule has 2 bridgehead atoms. The van der Waals surface area contributed by atoms with Gasteiger partial charge in [0.2, 0.25) is 11.8 Å². The predicted octanol–water partition coefficient (Wildman–Crippen LogP) is 3.36. The highest BCUT2D eigenvalue weighted by Gasteiger charge is 2.63. The van der Waals surface area contributed by atoms with E-state index in [0.29, 0.717) is 10.6 Å². The van der Waals surface area contributed by atoms with Crippen LogP contribution in [0.5, 0.6) is 0 Å². The van der Waals surface area contributed by atoms with Gasteiger partial charge in [0, 0.05) is 10.9 Å². The van der Waals surface area contributed by atoms with Gasteiger partial charge < -0.3 is 10.1 Å². The molecule has 5 aliphatic rings. The number of ether oxygens (including phenoxy) is 1. The molecule has 6 rings (SSSR count). The molecule has 3 saturated heterocycles. The van der Waals surface area contributed by atoms with Crippen molar-refractivity contribution in [3.8, 4) is 0 Å². The molecule has 6 nitrogen and oxygen atoms in total. The molecule has 0 radical (unpaired) electrons. The van der Waals surface area contributed by atoms with Crippen LogP contribution in [-0.2, 0) is 27.2 Å². The standard InChI is InChI=1S/C23H28N2O4S/c26-20(24-12-6-2-1-3-7-12)17-13-8-4-5-9-16(13)30-23(17)25-21(27)18-14-10-11-15(29-14)19(18)22(25)28/h12,14-15,18-19H,1-11H2,(H,24,26)/t14-,15-,18-,19-/m1/s1. The fraction of sp³-hybridized carbons (Fsp3) is 0.696. The molecule has 7 heteroatoms. The van der Waals surface area contributed by atoms with Gasteiger partial charge in [0.25, 0.3) is 5.91 Å². The summed E-state index contributed by atoms with van der Waals surface area (Å²) in [5, 5.41) is 3.82. The number of amides is 3. The highest BCUT2D eigenvalue weighted by molar-refractivity contribution is 7.17. The van der Waals surface area contributed by atoms with Gasteiger partial charge in [0.05, 0.1) is 29.6 Å². The summed E-state index contributed by atoms with van der Waals surface area (Å²) in [5.74, 6) is -1.10. The summed E-state index contributed by atoms with van der Waals surface area (Å²) in [5.41, 5.74) is 1.68. The molecule has 30 heavy (non-hydrogen) atoms. The van der Waals surface area contributed by atoms with Gasteiger partial charge in [-0.2, -0.15) is 0 Å². The van der Waals surface area contributed by atoms with Crippen molar-refractivity contribution in [2.75, 3.05) is 4.90 Å². The Balaban J connectivity index is 1.37. The smallest absolute Gasteiger partial charge is 0.254 e. The number of carbonyl (C=O) groups excluding carboxylic acids is 3. The van der Waals surface area contributed by atoms with Crippen LogP contribution in [0.15, 0.2) is 0 Å². The highest BCUT2D eigenvalue weighted by atomic mass is 32.1. The SMILES string of the molecule is O=C(NC1CCCCC1)c1c(N2C(=O)[C@H]3[C@H](C2=O)[C@H]2CC[C@H]3O2)sc2c1CCCC2. The van der Waals surface area contributed by atoms with Gasteiger partial charge in [-0.05, 0) is 56.9 Å². The summed E-state index contributed by atoms with van der Waals surface area (Å²) < 4.78 is 5.88. The van der Waals surface area contributed by atoms with Gasteiger partial charge in [-0.15, -0.1) is 11.3 Å². The molecule has 160 valence electrons. The molecule has 4 atom stereocenters. The van der Waals surface area contributed by atoms with E-state index in [4.69, 9.17) is 4.74 Å². The molecule has 1 saturated carbocycles. The molecule has 0 unspecified atom stereocenters. The number of anilines is 1. The lowest BCUT2D eigenvalue weighted by Crippen LogP contribution is -2.39. The van der Waals surface area contributed by atoms with E-state index >= 15 is 0 Å². The molecular weight excluding hydrogens is 400 g/mol. The Hall–Kier alpha value is -1.73. The van der Waals surface area contributed by atoms with E-state index in [2.05, 4.69) is 5.32 Å². The molecule has 0 spiro atoms. The van der Waals surface area contributed by atoms with E-state index in [1.54, 1.807) is 0 Å². The van der Waals surface area contributed by atoms with Crippen LogP contribution in [0.3, 0.4) is 0 Å². The average molecular weight is 429 g/mol. The van der Waals surface area contributed by atoms with Crippen LogP contribution in [0.25, 0.3) is 0 Å². The molecule has 1 N–H and O–H groups in total. The predicted molar refractivity (Wildman–Crippen MR) is 113 cm³/mol. The largest absolute Gasteiger partial charge is 0.373 e. The molecule has 2 aliphatic carbocycles. The first kappa shape index (κ1) is 19.0. The summed E-state index contributed by atoms with van der Waals surface area (Å²) in [6.07, 6.45) is 10.9. The van der Waals surface area contributed by atoms with Crippen LogP contribution in [-0.4, -0.2) is 36.0 Å². The van der Waals surface area contributed by atoms with E-state index < -0.39 is 0 Å². The number of hydrogen-bond donors (Lipinski definition) is 1. The lowest BCUT2D eigenvalue weighted by atomic mass is 9.81. The van der Waals surface area contributed by atoms with Crippen LogP contribution < -0.4 is 10.2 Å². The zero-order valence-electron chi connectivity index (χ0n) is 17.2. The van der Waals surface area contributed by atoms with E-state index in [1.807, 2.05) is 0 Å². The summed E-state index contributed by atoms with van der Waals surface area (Å²) in [4.78, 5) is 42.7. The van der Waals surface area contributed by atoms with Gasteiger partial charge >= 0.3 is 0 Å². The highest BCUT2D eigenvalue weighted by Crippen LogP contribution is 2.51. The van der Waals surface area contributed by atoms with E-state index in [0.717, 1.165) is 69.8 Å². The van der Waals surface area contributed by atoms with Gasteiger partial charge in [-0.1, -0.05) is 19.3 Å². The Kier molecular flexibility index (Phi) is 4.53. The van der Waals surface area contributed by atoms with Crippen LogP contribution in [0.4, 0.5) is 5.00 Å². The van der Waals surface area contributed by atoms with Gasteiger partial charge in [0.1, 0.15) is 5.00 Å². The van der Waals surface area contributed by atoms with E-state index in [9.17, 15) is 14.4 Å². The van der Waals surface area contributed by atoms with Crippen LogP contribution in [0.2, 0.25) is 0 Å². The first-order chi connectivity index (χ1) is 14.6. The monoisotopic (exact) mass is 428 g/mol. The number of nitrogens with zero attached hydrogens (tertiary/aromatic N) is 1. The summed E-state index contributed by atoms with van der Waals surface area (Å²) >= 11 is 1.50. The Morgan fingerprint density at radius 1 is 0.900 bits per heavy atom. The molecule has 3 aliphatic heterocycles. The third-order valence-corrected chi connectivity index (χ3v) is 9.08. The average Bonchev–Trinajstić information content (AvgIpc) is 3.50. The minimum Gasteiger partial charge on any atom is -0.373 e. The number of thiophene rings is 1. The second kappa shape index (κ2) is 7.16. The van der Waals surface area contributed by atoms with Crippen LogP contribution >= 0.6 is 11.3 Å². The van der Waals surface area contributed by atoms with Crippen molar-refractivity contribution < 1.29 is 19.1 Å². The molecule has 1 aromatic heterocycles. The lowest BCUT2D eigenvalue weighted by molar-refractivity contribution is -0.124. The number of fused-ring (bicyclic) bond motifs is 6. The number of nitrogens with one attached hydrogen (secondary N) is 1. The minimum absolute atomic E-state index is 0.0896. The number of rotatable bonds is 3. The quantitative estimate of drug-likeness (QED) is 0.749. The van der Waals surface area contributed by atoms with Crippen molar-refractivity contribution in [2.45, 2.75) is 88.9 Å². The van der Waals surface area contributed by atoms with Crippen molar-refractivity contribution in [1.29, 1.82) is 0 Å². The Morgan fingerprint density at radius 3 is 2.27 bits per heavy atom. The van der Waals surface area contributed by atoms with Crippen LogP contribution in [0, 0.1) is 11.8 Å². The summed E-state index contributed by atoms with van der Waals surface area (Å²) in [6.45, 7) is 0. The van der Waals surface area contributed by atoms with Gasteiger partial charge in [0.15, 0.2) is 0 Å². The van der Waals surface area contributed by atoms with Gasteiger partial charge in [-0.3, -0.25) is 14.4 Å². The zero-order chi connectivity index (χ0) is 20.4. The Bertz CT molecular complexity index is 891. The van der Waals surface area contributed by atoms with Crippen molar-refractivity contribution in [2.24, 2.45) is 11.8 Å². The molecule has 0 aromatic carbocycles. The first-order valence-electron chi connectivity index (χ1n) is 11.6. The fourth-order valence-electron chi connectivity index (χ4n) is 6.36. The second-order valence-corrected chi connectivity index (χ2v) is 10.6. The number of imide groups is 1. The van der Waals surface area contributed by atoms with Crippen molar-refractivity contribution in [3.63, 3.8) is 0 Å². The zero-order valence-corrected chi connectivity index (χ0v) is 18.0. The maximum absolute atomic E-state index is 13.4. The first-order valence-corrected chi connectivity index (χ1v) is 12.4. The normalized spacial score (nSPS) is 33.1. The summed E-state index contributed by atoms with van der Waals surface area (Å²) in [7, 11) is 0. The van der Waals surface area contributed by atoms with Crippen molar-refractivity contribution >= 4 is 34.1 Å². The lowest BCUT2D eigenvalue weighted by Gasteiger charge is -2.24. The summed E-state index contributed by atoms with van der Waals surface area (Å²) in [6, 6.07) is 0.201. The van der Waals surface area contributed by atoms with Crippen molar-refractivity contribution in [3.05, 3.63) is 16.0 Å². The number of aryl methyl sites for hydroxylation is 1. The van der Waals surface area contributed by atoms with Crippen molar-refractivity contribution in [1.82, 2.24) is 5.32 Å². The van der Waals surface area contributed by atoms with E-state index in [-0.39, 0.29) is 47.8 Å².